The second kappa shape index (κ2) is 6.09. The molecule has 3 heterocycles. The van der Waals surface area contributed by atoms with E-state index in [2.05, 4.69) is 15.8 Å². The molecule has 1 fully saturated rings. The van der Waals surface area contributed by atoms with Crippen LogP contribution < -0.4 is 16.4 Å². The first kappa shape index (κ1) is 16.0. The molecule has 0 aliphatic carbocycles. The van der Waals surface area contributed by atoms with E-state index in [-0.39, 0.29) is 23.4 Å². The van der Waals surface area contributed by atoms with Gasteiger partial charge in [0.1, 0.15) is 5.82 Å². The first-order chi connectivity index (χ1) is 12.1. The summed E-state index contributed by atoms with van der Waals surface area (Å²) in [6.07, 6.45) is 0. The number of aryl methyl sites for hydroxylation is 1. The van der Waals surface area contributed by atoms with Gasteiger partial charge in [0, 0.05) is 13.6 Å². The van der Waals surface area contributed by atoms with Crippen molar-refractivity contribution in [3.8, 4) is 0 Å². The van der Waals surface area contributed by atoms with Crippen LogP contribution in [0.5, 0.6) is 0 Å². The fourth-order valence-electron chi connectivity index (χ4n) is 3.62. The molecule has 7 heteroatoms. The normalized spacial score (nSPS) is 22.2. The number of hydrogen-bond donors (Lipinski definition) is 2. The van der Waals surface area contributed by atoms with Crippen molar-refractivity contribution in [2.75, 3.05) is 6.54 Å². The quantitative estimate of drug-likeness (QED) is 0.828. The largest absolute Gasteiger partial charge is 0.332 e. The summed E-state index contributed by atoms with van der Waals surface area (Å²) in [5.74, 6) is 0.509. The second-order valence-corrected chi connectivity index (χ2v) is 6.66. The number of nitrogens with one attached hydrogen (secondary N) is 2. The van der Waals surface area contributed by atoms with Gasteiger partial charge >= 0.3 is 0 Å². The summed E-state index contributed by atoms with van der Waals surface area (Å²) in [4.78, 5) is 31.7. The zero-order chi connectivity index (χ0) is 17.6. The van der Waals surface area contributed by atoms with Gasteiger partial charge in [-0.1, -0.05) is 30.3 Å². The lowest BCUT2D eigenvalue weighted by atomic mass is 9.94. The Morgan fingerprint density at radius 2 is 2.00 bits per heavy atom. The lowest BCUT2D eigenvalue weighted by Gasteiger charge is -2.23. The van der Waals surface area contributed by atoms with E-state index in [4.69, 9.17) is 0 Å². The Labute approximate surface area is 145 Å². The molecule has 1 amide bonds. The summed E-state index contributed by atoms with van der Waals surface area (Å²) in [5, 5.41) is 0. The third-order valence-corrected chi connectivity index (χ3v) is 5.15. The minimum atomic E-state index is -0.207. The van der Waals surface area contributed by atoms with Gasteiger partial charge in [-0.05, 0) is 12.5 Å². The molecule has 7 nitrogen and oxygen atoms in total. The summed E-state index contributed by atoms with van der Waals surface area (Å²) < 4.78 is 1.54. The van der Waals surface area contributed by atoms with Crippen molar-refractivity contribution >= 4 is 5.91 Å². The number of fused-ring (bicyclic) bond motifs is 1. The van der Waals surface area contributed by atoms with E-state index < -0.39 is 0 Å². The zero-order valence-corrected chi connectivity index (χ0v) is 14.3. The fourth-order valence-corrected chi connectivity index (χ4v) is 3.62. The number of amides is 1. The summed E-state index contributed by atoms with van der Waals surface area (Å²) in [7, 11) is 1.71. The molecule has 4 rings (SSSR count). The summed E-state index contributed by atoms with van der Waals surface area (Å²) >= 11 is 0. The van der Waals surface area contributed by atoms with Crippen LogP contribution in [-0.4, -0.2) is 26.9 Å². The van der Waals surface area contributed by atoms with Crippen LogP contribution in [0.3, 0.4) is 0 Å². The summed E-state index contributed by atoms with van der Waals surface area (Å²) in [6, 6.07) is 9.87. The van der Waals surface area contributed by atoms with E-state index in [1.807, 2.05) is 37.3 Å². The molecule has 2 unspecified atom stereocenters. The predicted molar refractivity (Wildman–Crippen MR) is 92.3 cm³/mol. The van der Waals surface area contributed by atoms with Crippen LogP contribution in [0.2, 0.25) is 0 Å². The Morgan fingerprint density at radius 1 is 1.24 bits per heavy atom. The highest BCUT2D eigenvalue weighted by atomic mass is 16.2. The van der Waals surface area contributed by atoms with Gasteiger partial charge in [0.15, 0.2) is 0 Å². The monoisotopic (exact) mass is 339 g/mol. The van der Waals surface area contributed by atoms with E-state index in [1.165, 1.54) is 4.57 Å². The SMILES string of the molecule is Cc1nc2c(c(=O)n1C)CN(C(=O)C1CNNC1c1ccccc1)C2. The molecular weight excluding hydrogens is 318 g/mol. The topological polar surface area (TPSA) is 79.3 Å². The number of aromatic nitrogens is 2. The van der Waals surface area contributed by atoms with Crippen molar-refractivity contribution in [1.82, 2.24) is 25.3 Å². The smallest absolute Gasteiger partial charge is 0.258 e. The van der Waals surface area contributed by atoms with Crippen LogP contribution in [0, 0.1) is 12.8 Å². The molecule has 0 bridgehead atoms. The van der Waals surface area contributed by atoms with E-state index in [0.717, 1.165) is 11.3 Å². The minimum Gasteiger partial charge on any atom is -0.332 e. The number of carbonyl (C=O) groups excluding carboxylic acids is 1. The van der Waals surface area contributed by atoms with Crippen molar-refractivity contribution in [1.29, 1.82) is 0 Å². The first-order valence-corrected chi connectivity index (χ1v) is 8.43. The van der Waals surface area contributed by atoms with Crippen molar-refractivity contribution in [2.24, 2.45) is 13.0 Å². The maximum absolute atomic E-state index is 13.1. The molecule has 1 aromatic carbocycles. The minimum absolute atomic E-state index is 0.0454. The molecular formula is C18H21N5O2. The standard InChI is InChI=1S/C18H21N5O2/c1-11-20-15-10-23(9-14(15)17(24)22(11)2)18(25)13-8-19-21-16(13)12-6-4-3-5-7-12/h3-7,13,16,19,21H,8-10H2,1-2H3. The van der Waals surface area contributed by atoms with Gasteiger partial charge < -0.3 is 4.90 Å². The highest BCUT2D eigenvalue weighted by Crippen LogP contribution is 2.29. The number of nitrogens with zero attached hydrogens (tertiary/aromatic N) is 3. The van der Waals surface area contributed by atoms with Crippen LogP contribution in [-0.2, 0) is 24.9 Å². The molecule has 1 saturated heterocycles. The molecule has 1 aromatic heterocycles. The Morgan fingerprint density at radius 3 is 2.76 bits per heavy atom. The second-order valence-electron chi connectivity index (χ2n) is 6.66. The van der Waals surface area contributed by atoms with E-state index in [1.54, 1.807) is 11.9 Å². The average molecular weight is 339 g/mol. The molecule has 2 aliphatic rings. The highest BCUT2D eigenvalue weighted by molar-refractivity contribution is 5.81. The van der Waals surface area contributed by atoms with Crippen molar-refractivity contribution in [3.63, 3.8) is 0 Å². The average Bonchev–Trinajstić information content (AvgIpc) is 3.27. The maximum atomic E-state index is 13.1. The molecule has 2 aliphatic heterocycles. The Balaban J connectivity index is 1.58. The fraction of sp³-hybridized carbons (Fsp3) is 0.389. The molecule has 2 N–H and O–H groups in total. The lowest BCUT2D eigenvalue weighted by Crippen LogP contribution is -2.36. The van der Waals surface area contributed by atoms with Crippen LogP contribution >= 0.6 is 0 Å². The molecule has 130 valence electrons. The number of hydrazine groups is 1. The molecule has 25 heavy (non-hydrogen) atoms. The Bertz CT molecular complexity index is 877. The van der Waals surface area contributed by atoms with Crippen LogP contribution in [0.4, 0.5) is 0 Å². The van der Waals surface area contributed by atoms with E-state index in [0.29, 0.717) is 31.0 Å². The third-order valence-electron chi connectivity index (χ3n) is 5.15. The van der Waals surface area contributed by atoms with Gasteiger partial charge in [-0.25, -0.2) is 10.4 Å². The van der Waals surface area contributed by atoms with E-state index in [9.17, 15) is 9.59 Å². The highest BCUT2D eigenvalue weighted by Gasteiger charge is 2.39. The summed E-state index contributed by atoms with van der Waals surface area (Å²) in [5.41, 5.74) is 8.68. The molecule has 0 spiro atoms. The van der Waals surface area contributed by atoms with Gasteiger partial charge in [0.25, 0.3) is 5.56 Å². The van der Waals surface area contributed by atoms with Crippen LogP contribution in [0.1, 0.15) is 28.7 Å². The van der Waals surface area contributed by atoms with Gasteiger partial charge in [-0.3, -0.25) is 19.6 Å². The number of rotatable bonds is 2. The number of benzene rings is 1. The van der Waals surface area contributed by atoms with Crippen LogP contribution in [0.25, 0.3) is 0 Å². The number of carbonyl (C=O) groups is 1. The van der Waals surface area contributed by atoms with Crippen molar-refractivity contribution < 1.29 is 4.79 Å². The zero-order valence-electron chi connectivity index (χ0n) is 14.3. The van der Waals surface area contributed by atoms with Gasteiger partial charge in [0.05, 0.1) is 36.3 Å². The molecule has 0 saturated carbocycles. The first-order valence-electron chi connectivity index (χ1n) is 8.43. The predicted octanol–water partition coefficient (Wildman–Crippen LogP) is 0.396. The van der Waals surface area contributed by atoms with Crippen molar-refractivity contribution in [3.05, 3.63) is 63.3 Å². The van der Waals surface area contributed by atoms with Crippen LogP contribution in [0.15, 0.2) is 35.1 Å². The van der Waals surface area contributed by atoms with Gasteiger partial charge in [0.2, 0.25) is 5.91 Å². The van der Waals surface area contributed by atoms with Gasteiger partial charge in [-0.2, -0.15) is 0 Å². The molecule has 2 atom stereocenters. The number of hydrogen-bond acceptors (Lipinski definition) is 5. The summed E-state index contributed by atoms with van der Waals surface area (Å²) in [6.45, 7) is 3.12. The molecule has 2 aromatic rings. The van der Waals surface area contributed by atoms with Gasteiger partial charge in [-0.15, -0.1) is 0 Å². The Kier molecular flexibility index (Phi) is 3.89. The Hall–Kier alpha value is -2.51. The molecule has 0 radical (unpaired) electrons. The third kappa shape index (κ3) is 2.65. The van der Waals surface area contributed by atoms with Crippen molar-refractivity contribution in [2.45, 2.75) is 26.1 Å². The maximum Gasteiger partial charge on any atom is 0.258 e. The van der Waals surface area contributed by atoms with E-state index >= 15 is 0 Å². The lowest BCUT2D eigenvalue weighted by molar-refractivity contribution is -0.136.